The molecular formula is C14H10N2O6. The lowest BCUT2D eigenvalue weighted by Gasteiger charge is -2.06. The van der Waals surface area contributed by atoms with Crippen LogP contribution < -0.4 is 4.74 Å². The first-order valence-corrected chi connectivity index (χ1v) is 6.04. The Morgan fingerprint density at radius 3 is 2.00 bits per heavy atom. The molecule has 112 valence electrons. The van der Waals surface area contributed by atoms with Crippen LogP contribution in [-0.4, -0.2) is 23.2 Å². The van der Waals surface area contributed by atoms with Crippen molar-refractivity contribution in [1.29, 1.82) is 0 Å². The number of hydrogen-bond acceptors (Lipinski definition) is 6. The van der Waals surface area contributed by atoms with Gasteiger partial charge in [0, 0.05) is 12.1 Å². The van der Waals surface area contributed by atoms with Crippen LogP contribution in [0.3, 0.4) is 0 Å². The molecule has 2 aromatic rings. The van der Waals surface area contributed by atoms with Crippen LogP contribution in [0.25, 0.3) is 11.1 Å². The Kier molecular flexibility index (Phi) is 4.12. The smallest absolute Gasteiger partial charge is 0.311 e. The summed E-state index contributed by atoms with van der Waals surface area (Å²) in [5.74, 6) is 0.0905. The van der Waals surface area contributed by atoms with Gasteiger partial charge in [0.1, 0.15) is 0 Å². The Morgan fingerprint density at radius 2 is 1.50 bits per heavy atom. The van der Waals surface area contributed by atoms with E-state index >= 15 is 0 Å². The molecule has 0 aromatic heterocycles. The Morgan fingerprint density at radius 1 is 0.955 bits per heavy atom. The SMILES string of the molecule is COc1ccc(-c2ccc(C=O)c([N+](=O)[O-])c2)cc1[N+](=O)[O-]. The lowest BCUT2D eigenvalue weighted by Crippen LogP contribution is -1.96. The summed E-state index contributed by atoms with van der Waals surface area (Å²) < 4.78 is 4.90. The molecule has 0 aliphatic heterocycles. The predicted octanol–water partition coefficient (Wildman–Crippen LogP) is 2.99. The van der Waals surface area contributed by atoms with Gasteiger partial charge in [-0.05, 0) is 23.3 Å². The van der Waals surface area contributed by atoms with Crippen molar-refractivity contribution in [2.45, 2.75) is 0 Å². The van der Waals surface area contributed by atoms with Crippen LogP contribution in [0.4, 0.5) is 11.4 Å². The molecule has 0 fully saturated rings. The van der Waals surface area contributed by atoms with E-state index in [2.05, 4.69) is 0 Å². The van der Waals surface area contributed by atoms with Crippen LogP contribution in [0, 0.1) is 20.2 Å². The van der Waals surface area contributed by atoms with E-state index in [0.717, 1.165) is 0 Å². The summed E-state index contributed by atoms with van der Waals surface area (Å²) in [7, 11) is 1.31. The van der Waals surface area contributed by atoms with Crippen LogP contribution in [0.5, 0.6) is 5.75 Å². The van der Waals surface area contributed by atoms with Gasteiger partial charge in [0.25, 0.3) is 5.69 Å². The lowest BCUT2D eigenvalue weighted by atomic mass is 10.0. The fourth-order valence-electron chi connectivity index (χ4n) is 1.99. The van der Waals surface area contributed by atoms with E-state index in [4.69, 9.17) is 4.74 Å². The third-order valence-corrected chi connectivity index (χ3v) is 3.06. The lowest BCUT2D eigenvalue weighted by molar-refractivity contribution is -0.385. The van der Waals surface area contributed by atoms with Gasteiger partial charge in [-0.25, -0.2) is 0 Å². The molecule has 8 heteroatoms. The zero-order valence-electron chi connectivity index (χ0n) is 11.4. The fraction of sp³-hybridized carbons (Fsp3) is 0.0714. The summed E-state index contributed by atoms with van der Waals surface area (Å²) in [5.41, 5.74) is 0.140. The second-order valence-corrected chi connectivity index (χ2v) is 4.29. The minimum absolute atomic E-state index is 0.0586. The summed E-state index contributed by atoms with van der Waals surface area (Å²) in [4.78, 5) is 31.5. The number of aldehydes is 1. The summed E-state index contributed by atoms with van der Waals surface area (Å²) >= 11 is 0. The van der Waals surface area contributed by atoms with E-state index in [1.165, 1.54) is 37.4 Å². The molecular weight excluding hydrogens is 292 g/mol. The van der Waals surface area contributed by atoms with Gasteiger partial charge < -0.3 is 4.74 Å². The van der Waals surface area contributed by atoms with Crippen molar-refractivity contribution in [2.75, 3.05) is 7.11 Å². The Bertz CT molecular complexity index is 772. The van der Waals surface area contributed by atoms with Crippen LogP contribution in [0.15, 0.2) is 36.4 Å². The van der Waals surface area contributed by atoms with Crippen LogP contribution in [0.2, 0.25) is 0 Å². The number of ether oxygens (including phenoxy) is 1. The molecule has 0 saturated heterocycles. The maximum atomic E-state index is 11.0. The highest BCUT2D eigenvalue weighted by Gasteiger charge is 2.18. The van der Waals surface area contributed by atoms with Crippen molar-refractivity contribution in [3.63, 3.8) is 0 Å². The van der Waals surface area contributed by atoms with Crippen molar-refractivity contribution in [3.8, 4) is 16.9 Å². The van der Waals surface area contributed by atoms with E-state index < -0.39 is 9.85 Å². The van der Waals surface area contributed by atoms with Gasteiger partial charge in [-0.2, -0.15) is 0 Å². The number of hydrogen-bond donors (Lipinski definition) is 0. The molecule has 22 heavy (non-hydrogen) atoms. The fourth-order valence-corrected chi connectivity index (χ4v) is 1.99. The minimum Gasteiger partial charge on any atom is -0.490 e. The van der Waals surface area contributed by atoms with E-state index in [0.29, 0.717) is 17.4 Å². The summed E-state index contributed by atoms with van der Waals surface area (Å²) in [5, 5.41) is 22.0. The molecule has 0 amide bonds. The van der Waals surface area contributed by atoms with Gasteiger partial charge in [0.15, 0.2) is 12.0 Å². The van der Waals surface area contributed by atoms with Crippen LogP contribution in [0.1, 0.15) is 10.4 Å². The number of carbonyl (C=O) groups excluding carboxylic acids is 1. The molecule has 0 atom stereocenters. The summed E-state index contributed by atoms with van der Waals surface area (Å²) in [6.45, 7) is 0. The molecule has 0 spiro atoms. The van der Waals surface area contributed by atoms with Crippen molar-refractivity contribution < 1.29 is 19.4 Å². The number of methoxy groups -OCH3 is 1. The van der Waals surface area contributed by atoms with Gasteiger partial charge >= 0.3 is 5.69 Å². The zero-order chi connectivity index (χ0) is 16.3. The zero-order valence-corrected chi connectivity index (χ0v) is 11.4. The van der Waals surface area contributed by atoms with Crippen molar-refractivity contribution in [1.82, 2.24) is 0 Å². The van der Waals surface area contributed by atoms with E-state index in [9.17, 15) is 25.0 Å². The number of rotatable bonds is 5. The first-order valence-electron chi connectivity index (χ1n) is 6.04. The summed E-state index contributed by atoms with van der Waals surface area (Å²) in [6.07, 6.45) is 0.387. The standard InChI is InChI=1S/C14H10N2O6/c1-22-14-5-4-10(7-13(14)16(20)21)9-2-3-11(8-17)12(6-9)15(18)19/h2-8H,1H3. The maximum Gasteiger partial charge on any atom is 0.311 e. The van der Waals surface area contributed by atoms with Gasteiger partial charge in [0.2, 0.25) is 0 Å². The largest absolute Gasteiger partial charge is 0.490 e. The molecule has 0 heterocycles. The van der Waals surface area contributed by atoms with Crippen molar-refractivity contribution in [3.05, 3.63) is 62.2 Å². The second-order valence-electron chi connectivity index (χ2n) is 4.29. The molecule has 0 aliphatic rings. The van der Waals surface area contributed by atoms with Crippen molar-refractivity contribution in [2.24, 2.45) is 0 Å². The van der Waals surface area contributed by atoms with Gasteiger partial charge in [-0.3, -0.25) is 25.0 Å². The van der Waals surface area contributed by atoms with Gasteiger partial charge in [-0.15, -0.1) is 0 Å². The molecule has 0 aliphatic carbocycles. The van der Waals surface area contributed by atoms with E-state index in [-0.39, 0.29) is 22.7 Å². The number of nitro groups is 2. The van der Waals surface area contributed by atoms with Gasteiger partial charge in [0.05, 0.1) is 22.5 Å². The molecule has 0 unspecified atom stereocenters. The van der Waals surface area contributed by atoms with Crippen LogP contribution in [-0.2, 0) is 0 Å². The third-order valence-electron chi connectivity index (χ3n) is 3.06. The first-order chi connectivity index (χ1) is 10.5. The summed E-state index contributed by atoms with van der Waals surface area (Å²) in [6, 6.07) is 8.21. The molecule has 0 bridgehead atoms. The molecule has 2 aromatic carbocycles. The number of benzene rings is 2. The van der Waals surface area contributed by atoms with Gasteiger partial charge in [-0.1, -0.05) is 12.1 Å². The molecule has 2 rings (SSSR count). The Hall–Kier alpha value is -3.29. The second kappa shape index (κ2) is 6.00. The maximum absolute atomic E-state index is 11.0. The van der Waals surface area contributed by atoms with Crippen molar-refractivity contribution >= 4 is 17.7 Å². The predicted molar refractivity (Wildman–Crippen MR) is 77.1 cm³/mol. The number of nitro benzene ring substituents is 2. The molecule has 0 N–H and O–H groups in total. The minimum atomic E-state index is -0.675. The quantitative estimate of drug-likeness (QED) is 0.476. The number of nitrogens with zero attached hydrogens (tertiary/aromatic N) is 2. The first kappa shape index (κ1) is 15.1. The third kappa shape index (κ3) is 2.75. The topological polar surface area (TPSA) is 113 Å². The number of carbonyl (C=O) groups is 1. The highest BCUT2D eigenvalue weighted by molar-refractivity contribution is 5.84. The molecule has 8 nitrogen and oxygen atoms in total. The highest BCUT2D eigenvalue weighted by Crippen LogP contribution is 2.33. The average Bonchev–Trinajstić information content (AvgIpc) is 2.53. The molecule has 0 saturated carbocycles. The highest BCUT2D eigenvalue weighted by atomic mass is 16.6. The molecule has 0 radical (unpaired) electrons. The average molecular weight is 302 g/mol. The monoisotopic (exact) mass is 302 g/mol. The Labute approximate surface area is 124 Å². The van der Waals surface area contributed by atoms with E-state index in [1.54, 1.807) is 6.07 Å². The normalized spacial score (nSPS) is 10.0. The van der Waals surface area contributed by atoms with Crippen LogP contribution >= 0.6 is 0 Å². The van der Waals surface area contributed by atoms with E-state index in [1.807, 2.05) is 0 Å². The Balaban J connectivity index is 2.59.